The molecule has 0 aliphatic heterocycles. The third-order valence-electron chi connectivity index (χ3n) is 2.52. The molecule has 2 N–H and O–H groups in total. The predicted octanol–water partition coefficient (Wildman–Crippen LogP) is 1.54. The fourth-order valence-electron chi connectivity index (χ4n) is 1.54. The van der Waals surface area contributed by atoms with Gasteiger partial charge in [-0.15, -0.1) is 0 Å². The van der Waals surface area contributed by atoms with Crippen molar-refractivity contribution >= 4 is 17.5 Å². The van der Waals surface area contributed by atoms with Crippen LogP contribution in [0, 0.1) is 6.92 Å². The first-order chi connectivity index (χ1) is 9.63. The molecule has 0 unspecified atom stereocenters. The summed E-state index contributed by atoms with van der Waals surface area (Å²) in [6.07, 6.45) is 0.700. The van der Waals surface area contributed by atoms with E-state index in [1.165, 1.54) is 0 Å². The van der Waals surface area contributed by atoms with E-state index in [1.54, 1.807) is 18.2 Å². The number of halogens is 1. The van der Waals surface area contributed by atoms with Crippen molar-refractivity contribution in [1.29, 1.82) is 0 Å². The van der Waals surface area contributed by atoms with Crippen LogP contribution in [-0.4, -0.2) is 44.0 Å². The quantitative estimate of drug-likeness (QED) is 0.679. The minimum absolute atomic E-state index is 0.0145. The van der Waals surface area contributed by atoms with E-state index in [1.807, 2.05) is 6.92 Å². The molecule has 0 atom stereocenters. The van der Waals surface area contributed by atoms with E-state index in [4.69, 9.17) is 26.2 Å². The van der Waals surface area contributed by atoms with Crippen LogP contribution in [0.25, 0.3) is 0 Å². The molecular weight excluding hydrogens is 282 g/mol. The largest absolute Gasteiger partial charge is 0.484 e. The summed E-state index contributed by atoms with van der Waals surface area (Å²) in [7, 11) is 0. The van der Waals surface area contributed by atoms with Crippen LogP contribution in [0.3, 0.4) is 0 Å². The van der Waals surface area contributed by atoms with Crippen LogP contribution in [0.2, 0.25) is 5.02 Å². The number of nitrogens with one attached hydrogen (secondary N) is 1. The van der Waals surface area contributed by atoms with E-state index in [-0.39, 0.29) is 19.1 Å². The first-order valence-electron chi connectivity index (χ1n) is 6.47. The molecule has 0 aromatic heterocycles. The van der Waals surface area contributed by atoms with E-state index in [0.717, 1.165) is 5.56 Å². The Hall–Kier alpha value is -1.30. The molecule has 0 aliphatic carbocycles. The fourth-order valence-corrected chi connectivity index (χ4v) is 1.76. The molecule has 112 valence electrons. The third kappa shape index (κ3) is 6.75. The summed E-state index contributed by atoms with van der Waals surface area (Å²) in [5.74, 6) is 0.470. The smallest absolute Gasteiger partial charge is 0.257 e. The number of rotatable bonds is 9. The summed E-state index contributed by atoms with van der Waals surface area (Å²) in [6, 6.07) is 5.25. The molecule has 0 aliphatic rings. The molecule has 6 heteroatoms. The Kier molecular flexibility index (Phi) is 8.02. The molecule has 0 fully saturated rings. The highest BCUT2D eigenvalue weighted by molar-refractivity contribution is 6.30. The molecule has 1 aromatic rings. The summed E-state index contributed by atoms with van der Waals surface area (Å²) in [5, 5.41) is 11.9. The zero-order chi connectivity index (χ0) is 14.8. The number of carbonyl (C=O) groups excluding carboxylic acids is 1. The molecule has 1 amide bonds. The fraction of sp³-hybridized carbons (Fsp3) is 0.500. The van der Waals surface area contributed by atoms with Crippen LogP contribution in [0.4, 0.5) is 0 Å². The number of aliphatic hydroxyl groups is 1. The van der Waals surface area contributed by atoms with Crippen molar-refractivity contribution in [3.8, 4) is 5.75 Å². The van der Waals surface area contributed by atoms with E-state index in [2.05, 4.69) is 5.32 Å². The van der Waals surface area contributed by atoms with Gasteiger partial charge >= 0.3 is 0 Å². The summed E-state index contributed by atoms with van der Waals surface area (Å²) < 4.78 is 10.5. The van der Waals surface area contributed by atoms with E-state index in [9.17, 15) is 4.79 Å². The van der Waals surface area contributed by atoms with Crippen molar-refractivity contribution in [1.82, 2.24) is 5.32 Å². The Bertz CT molecular complexity index is 426. The Morgan fingerprint density at radius 2 is 2.20 bits per heavy atom. The lowest BCUT2D eigenvalue weighted by Crippen LogP contribution is -2.30. The number of benzene rings is 1. The van der Waals surface area contributed by atoms with Gasteiger partial charge in [0.2, 0.25) is 0 Å². The maximum Gasteiger partial charge on any atom is 0.257 e. The van der Waals surface area contributed by atoms with E-state index >= 15 is 0 Å². The summed E-state index contributed by atoms with van der Waals surface area (Å²) in [6.45, 7) is 3.22. The first kappa shape index (κ1) is 16.8. The summed E-state index contributed by atoms with van der Waals surface area (Å²) in [5.41, 5.74) is 0.891. The second-order valence-electron chi connectivity index (χ2n) is 4.24. The Morgan fingerprint density at radius 1 is 1.40 bits per heavy atom. The number of aliphatic hydroxyl groups excluding tert-OH is 1. The Labute approximate surface area is 123 Å². The van der Waals surface area contributed by atoms with Crippen LogP contribution in [-0.2, 0) is 9.53 Å². The first-order valence-corrected chi connectivity index (χ1v) is 6.85. The number of ether oxygens (including phenoxy) is 2. The van der Waals surface area contributed by atoms with Crippen LogP contribution in [0.5, 0.6) is 5.75 Å². The highest BCUT2D eigenvalue weighted by atomic mass is 35.5. The maximum atomic E-state index is 11.5. The molecule has 1 rings (SSSR count). The van der Waals surface area contributed by atoms with Crippen LogP contribution in [0.15, 0.2) is 18.2 Å². The topological polar surface area (TPSA) is 67.8 Å². The van der Waals surface area contributed by atoms with Crippen molar-refractivity contribution in [3.05, 3.63) is 28.8 Å². The molecule has 20 heavy (non-hydrogen) atoms. The average Bonchev–Trinajstić information content (AvgIpc) is 2.41. The van der Waals surface area contributed by atoms with Gasteiger partial charge in [-0.25, -0.2) is 0 Å². The second kappa shape index (κ2) is 9.58. The van der Waals surface area contributed by atoms with Gasteiger partial charge in [0.05, 0.1) is 13.2 Å². The maximum absolute atomic E-state index is 11.5. The van der Waals surface area contributed by atoms with E-state index in [0.29, 0.717) is 37.0 Å². The third-order valence-corrected chi connectivity index (χ3v) is 2.75. The van der Waals surface area contributed by atoms with Crippen molar-refractivity contribution in [3.63, 3.8) is 0 Å². The molecular formula is C14H20ClNO4. The highest BCUT2D eigenvalue weighted by Crippen LogP contribution is 2.21. The van der Waals surface area contributed by atoms with Gasteiger partial charge in [0.15, 0.2) is 6.61 Å². The number of carbonyl (C=O) groups is 1. The molecule has 5 nitrogen and oxygen atoms in total. The summed E-state index contributed by atoms with van der Waals surface area (Å²) in [4.78, 5) is 11.5. The minimum Gasteiger partial charge on any atom is -0.484 e. The van der Waals surface area contributed by atoms with Gasteiger partial charge in [0.25, 0.3) is 5.91 Å². The van der Waals surface area contributed by atoms with Gasteiger partial charge in [-0.1, -0.05) is 11.6 Å². The zero-order valence-electron chi connectivity index (χ0n) is 11.5. The van der Waals surface area contributed by atoms with Crippen LogP contribution in [0.1, 0.15) is 12.0 Å². The standard InChI is InChI=1S/C14H20ClNO4/c1-11-9-12(15)3-4-13(11)20-10-14(18)16-5-2-7-19-8-6-17/h3-4,9,17H,2,5-8,10H2,1H3,(H,16,18). The average molecular weight is 302 g/mol. The van der Waals surface area contributed by atoms with Crippen molar-refractivity contribution in [2.75, 3.05) is 33.0 Å². The van der Waals surface area contributed by atoms with Crippen LogP contribution >= 0.6 is 11.6 Å². The van der Waals surface area contributed by atoms with Gasteiger partial charge in [-0.05, 0) is 37.1 Å². The van der Waals surface area contributed by atoms with Crippen LogP contribution < -0.4 is 10.1 Å². The van der Waals surface area contributed by atoms with Gasteiger partial charge in [-0.2, -0.15) is 0 Å². The molecule has 0 bridgehead atoms. The van der Waals surface area contributed by atoms with Gasteiger partial charge < -0.3 is 19.9 Å². The number of aryl methyl sites for hydroxylation is 1. The van der Waals surface area contributed by atoms with Crippen molar-refractivity contribution in [2.45, 2.75) is 13.3 Å². The molecule has 0 saturated carbocycles. The number of hydrogen-bond acceptors (Lipinski definition) is 4. The Morgan fingerprint density at radius 3 is 2.90 bits per heavy atom. The summed E-state index contributed by atoms with van der Waals surface area (Å²) >= 11 is 5.84. The van der Waals surface area contributed by atoms with E-state index < -0.39 is 0 Å². The SMILES string of the molecule is Cc1cc(Cl)ccc1OCC(=O)NCCCOCCO. The lowest BCUT2D eigenvalue weighted by molar-refractivity contribution is -0.123. The second-order valence-corrected chi connectivity index (χ2v) is 4.67. The lowest BCUT2D eigenvalue weighted by atomic mass is 10.2. The van der Waals surface area contributed by atoms with Crippen molar-refractivity contribution in [2.24, 2.45) is 0 Å². The van der Waals surface area contributed by atoms with Gasteiger partial charge in [-0.3, -0.25) is 4.79 Å². The molecule has 0 saturated heterocycles. The number of amides is 1. The Balaban J connectivity index is 2.16. The predicted molar refractivity (Wildman–Crippen MR) is 77.2 cm³/mol. The van der Waals surface area contributed by atoms with Gasteiger partial charge in [0, 0.05) is 18.2 Å². The van der Waals surface area contributed by atoms with Crippen molar-refractivity contribution < 1.29 is 19.4 Å². The highest BCUT2D eigenvalue weighted by Gasteiger charge is 2.04. The molecule has 0 radical (unpaired) electrons. The van der Waals surface area contributed by atoms with Gasteiger partial charge in [0.1, 0.15) is 5.75 Å². The minimum atomic E-state index is -0.179. The monoisotopic (exact) mass is 301 g/mol. The molecule has 0 spiro atoms. The number of hydrogen-bond donors (Lipinski definition) is 2. The lowest BCUT2D eigenvalue weighted by Gasteiger charge is -2.09. The zero-order valence-corrected chi connectivity index (χ0v) is 12.3. The molecule has 1 aromatic carbocycles. The normalized spacial score (nSPS) is 10.3. The molecule has 0 heterocycles.